The van der Waals surface area contributed by atoms with E-state index < -0.39 is 18.2 Å². The molecule has 2 heterocycles. The molecule has 1 aromatic carbocycles. The Bertz CT molecular complexity index is 927. The first-order valence-corrected chi connectivity index (χ1v) is 10.4. The summed E-state index contributed by atoms with van der Waals surface area (Å²) in [6.07, 6.45) is -0.694. The van der Waals surface area contributed by atoms with Crippen molar-refractivity contribution < 1.29 is 28.6 Å². The maximum absolute atomic E-state index is 12.7. The molecule has 0 saturated heterocycles. The highest BCUT2D eigenvalue weighted by Gasteiger charge is 2.32. The molecule has 2 aromatic rings. The van der Waals surface area contributed by atoms with Crippen LogP contribution >= 0.6 is 11.3 Å². The van der Waals surface area contributed by atoms with Crippen molar-refractivity contribution in [2.45, 2.75) is 32.9 Å². The van der Waals surface area contributed by atoms with Crippen LogP contribution in [0.15, 0.2) is 30.3 Å². The Morgan fingerprint density at radius 3 is 2.63 bits per heavy atom. The molecular formula is C21H24N2O6S. The number of ether oxygens (including phenoxy) is 3. The summed E-state index contributed by atoms with van der Waals surface area (Å²) in [5.41, 5.74) is 1.13. The number of esters is 1. The summed E-state index contributed by atoms with van der Waals surface area (Å²) in [5, 5.41) is 3.19. The average molecular weight is 432 g/mol. The van der Waals surface area contributed by atoms with Crippen molar-refractivity contribution in [3.05, 3.63) is 46.3 Å². The Labute approximate surface area is 178 Å². The number of methoxy groups -OCH3 is 1. The Kier molecular flexibility index (Phi) is 6.94. The molecule has 0 bridgehead atoms. The number of para-hydroxylation sites is 1. The van der Waals surface area contributed by atoms with Gasteiger partial charge in [0.1, 0.15) is 10.8 Å². The monoisotopic (exact) mass is 432 g/mol. The van der Waals surface area contributed by atoms with Gasteiger partial charge >= 0.3 is 12.1 Å². The molecule has 8 nitrogen and oxygen atoms in total. The highest BCUT2D eigenvalue weighted by atomic mass is 32.1. The van der Waals surface area contributed by atoms with E-state index in [0.29, 0.717) is 42.4 Å². The van der Waals surface area contributed by atoms with Gasteiger partial charge in [-0.15, -0.1) is 11.3 Å². The van der Waals surface area contributed by atoms with Gasteiger partial charge in [0.15, 0.2) is 6.10 Å². The van der Waals surface area contributed by atoms with E-state index in [1.165, 1.54) is 18.4 Å². The van der Waals surface area contributed by atoms with Gasteiger partial charge in [0.05, 0.1) is 25.8 Å². The number of nitrogens with zero attached hydrogens (tertiary/aromatic N) is 1. The summed E-state index contributed by atoms with van der Waals surface area (Å²) in [5.74, 6) is -0.335. The van der Waals surface area contributed by atoms with E-state index in [-0.39, 0.29) is 5.91 Å². The third-order valence-corrected chi connectivity index (χ3v) is 5.77. The average Bonchev–Trinajstić information content (AvgIpc) is 3.10. The highest BCUT2D eigenvalue weighted by molar-refractivity contribution is 7.17. The highest BCUT2D eigenvalue weighted by Crippen LogP contribution is 2.38. The molecule has 0 fully saturated rings. The molecule has 1 aliphatic heterocycles. The molecule has 160 valence electrons. The van der Waals surface area contributed by atoms with Gasteiger partial charge in [-0.05, 0) is 38.0 Å². The molecule has 0 saturated carbocycles. The van der Waals surface area contributed by atoms with Crippen LogP contribution in [-0.2, 0) is 27.2 Å². The van der Waals surface area contributed by atoms with Crippen molar-refractivity contribution in [3.63, 3.8) is 0 Å². The summed E-state index contributed by atoms with van der Waals surface area (Å²) >= 11 is 1.26. The van der Waals surface area contributed by atoms with Crippen LogP contribution in [0, 0.1) is 0 Å². The lowest BCUT2D eigenvalue weighted by molar-refractivity contribution is -0.122. The first kappa shape index (κ1) is 21.6. The fourth-order valence-electron chi connectivity index (χ4n) is 3.15. The van der Waals surface area contributed by atoms with Crippen LogP contribution in [-0.4, -0.2) is 49.2 Å². The first-order valence-electron chi connectivity index (χ1n) is 9.61. The van der Waals surface area contributed by atoms with Crippen molar-refractivity contribution in [3.8, 4) is 5.75 Å². The van der Waals surface area contributed by atoms with Gasteiger partial charge in [-0.25, -0.2) is 9.59 Å². The molecule has 0 radical (unpaired) electrons. The van der Waals surface area contributed by atoms with Gasteiger partial charge in [0, 0.05) is 11.4 Å². The third kappa shape index (κ3) is 4.73. The van der Waals surface area contributed by atoms with Gasteiger partial charge in [0.2, 0.25) is 0 Å². The molecule has 2 amide bonds. The number of amides is 2. The quantitative estimate of drug-likeness (QED) is 0.703. The number of benzene rings is 1. The molecular weight excluding hydrogens is 408 g/mol. The topological polar surface area (TPSA) is 94.2 Å². The predicted octanol–water partition coefficient (Wildman–Crippen LogP) is 3.46. The molecule has 1 atom stereocenters. The maximum atomic E-state index is 12.7. The van der Waals surface area contributed by atoms with Crippen LogP contribution in [0.25, 0.3) is 0 Å². The van der Waals surface area contributed by atoms with Gasteiger partial charge in [0.25, 0.3) is 5.91 Å². The zero-order valence-corrected chi connectivity index (χ0v) is 17.9. The minimum atomic E-state index is -0.770. The summed E-state index contributed by atoms with van der Waals surface area (Å²) in [6.45, 7) is 4.42. The van der Waals surface area contributed by atoms with E-state index >= 15 is 0 Å². The summed E-state index contributed by atoms with van der Waals surface area (Å²) in [4.78, 5) is 39.6. The van der Waals surface area contributed by atoms with Crippen molar-refractivity contribution >= 4 is 34.3 Å². The summed E-state index contributed by atoms with van der Waals surface area (Å²) < 4.78 is 15.7. The standard InChI is InChI=1S/C21H24N2O6S/c1-4-28-21(26)23-11-10-15-16(12-23)30-19(17(15)20(25)27-3)22-18(24)13(2)29-14-8-6-5-7-9-14/h5-9,13H,4,10-12H2,1-3H3,(H,22,24). The number of fused-ring (bicyclic) bond motifs is 1. The number of carbonyl (C=O) groups is 3. The van der Waals surface area contributed by atoms with Crippen LogP contribution in [0.2, 0.25) is 0 Å². The van der Waals surface area contributed by atoms with Gasteiger partial charge in [-0.3, -0.25) is 4.79 Å². The smallest absolute Gasteiger partial charge is 0.410 e. The largest absolute Gasteiger partial charge is 0.481 e. The van der Waals surface area contributed by atoms with E-state index in [4.69, 9.17) is 14.2 Å². The molecule has 1 unspecified atom stereocenters. The minimum Gasteiger partial charge on any atom is -0.481 e. The molecule has 0 spiro atoms. The lowest BCUT2D eigenvalue weighted by Crippen LogP contribution is -2.36. The van der Waals surface area contributed by atoms with E-state index in [2.05, 4.69) is 5.32 Å². The van der Waals surface area contributed by atoms with Crippen molar-refractivity contribution in [1.29, 1.82) is 0 Å². The van der Waals surface area contributed by atoms with Crippen LogP contribution < -0.4 is 10.1 Å². The number of anilines is 1. The number of hydrogen-bond acceptors (Lipinski definition) is 7. The molecule has 3 rings (SSSR count). The van der Waals surface area contributed by atoms with Gasteiger partial charge in [-0.2, -0.15) is 0 Å². The number of hydrogen-bond donors (Lipinski definition) is 1. The van der Waals surface area contributed by atoms with Crippen LogP contribution in [0.4, 0.5) is 9.80 Å². The van der Waals surface area contributed by atoms with Gasteiger partial charge < -0.3 is 24.4 Å². The fraction of sp³-hybridized carbons (Fsp3) is 0.381. The second kappa shape index (κ2) is 9.62. The lowest BCUT2D eigenvalue weighted by atomic mass is 10.0. The zero-order chi connectivity index (χ0) is 21.7. The molecule has 1 aliphatic rings. The molecule has 0 aliphatic carbocycles. The number of nitrogens with one attached hydrogen (secondary N) is 1. The Hall–Kier alpha value is -3.07. The predicted molar refractivity (Wildman–Crippen MR) is 112 cm³/mol. The van der Waals surface area contributed by atoms with Crippen molar-refractivity contribution in [2.24, 2.45) is 0 Å². The number of rotatable bonds is 6. The van der Waals surface area contributed by atoms with E-state index in [9.17, 15) is 14.4 Å². The Morgan fingerprint density at radius 2 is 1.97 bits per heavy atom. The fourth-order valence-corrected chi connectivity index (χ4v) is 4.40. The molecule has 30 heavy (non-hydrogen) atoms. The maximum Gasteiger partial charge on any atom is 0.410 e. The van der Waals surface area contributed by atoms with Gasteiger partial charge in [-0.1, -0.05) is 18.2 Å². The number of carbonyl (C=O) groups excluding carboxylic acids is 3. The second-order valence-electron chi connectivity index (χ2n) is 6.63. The van der Waals surface area contributed by atoms with Crippen molar-refractivity contribution in [2.75, 3.05) is 25.6 Å². The summed E-state index contributed by atoms with van der Waals surface area (Å²) in [7, 11) is 1.30. The molecule has 1 N–H and O–H groups in total. The number of thiophene rings is 1. The molecule has 1 aromatic heterocycles. The lowest BCUT2D eigenvalue weighted by Gasteiger charge is -2.26. The van der Waals surface area contributed by atoms with E-state index in [0.717, 1.165) is 10.4 Å². The first-order chi connectivity index (χ1) is 14.4. The normalized spacial score (nSPS) is 13.8. The second-order valence-corrected chi connectivity index (χ2v) is 7.74. The minimum absolute atomic E-state index is 0.292. The molecule has 9 heteroatoms. The Balaban J connectivity index is 1.80. The van der Waals surface area contributed by atoms with Crippen LogP contribution in [0.1, 0.15) is 34.6 Å². The van der Waals surface area contributed by atoms with Crippen LogP contribution in [0.3, 0.4) is 0 Å². The third-order valence-electron chi connectivity index (χ3n) is 4.63. The summed E-state index contributed by atoms with van der Waals surface area (Å²) in [6, 6.07) is 9.01. The van der Waals surface area contributed by atoms with E-state index in [1.807, 2.05) is 18.2 Å². The zero-order valence-electron chi connectivity index (χ0n) is 17.1. The SMILES string of the molecule is CCOC(=O)N1CCc2c(sc(NC(=O)C(C)Oc3ccccc3)c2C(=O)OC)C1. The van der Waals surface area contributed by atoms with Crippen molar-refractivity contribution in [1.82, 2.24) is 4.90 Å². The Morgan fingerprint density at radius 1 is 1.23 bits per heavy atom. The van der Waals surface area contributed by atoms with Crippen LogP contribution in [0.5, 0.6) is 5.75 Å². The van der Waals surface area contributed by atoms with E-state index in [1.54, 1.807) is 30.9 Å².